The average Bonchev–Trinajstić information content (AvgIpc) is 2.25. The van der Waals surface area contributed by atoms with Crippen molar-refractivity contribution >= 4 is 23.4 Å². The van der Waals surface area contributed by atoms with Gasteiger partial charge in [0.1, 0.15) is 0 Å². The molecule has 0 aliphatic carbocycles. The van der Waals surface area contributed by atoms with E-state index in [1.807, 2.05) is 18.2 Å². The highest BCUT2D eigenvalue weighted by Crippen LogP contribution is 2.23. The van der Waals surface area contributed by atoms with Crippen LogP contribution in [0.5, 0.6) is 0 Å². The van der Waals surface area contributed by atoms with E-state index < -0.39 is 0 Å². The van der Waals surface area contributed by atoms with Crippen LogP contribution in [0.15, 0.2) is 29.2 Å². The highest BCUT2D eigenvalue weighted by atomic mass is 35.5. The van der Waals surface area contributed by atoms with E-state index in [2.05, 4.69) is 19.9 Å². The molecule has 0 radical (unpaired) electrons. The van der Waals surface area contributed by atoms with E-state index in [-0.39, 0.29) is 6.04 Å². The lowest BCUT2D eigenvalue weighted by molar-refractivity contribution is 0.475. The van der Waals surface area contributed by atoms with Crippen LogP contribution in [0, 0.1) is 5.92 Å². The van der Waals surface area contributed by atoms with Crippen molar-refractivity contribution in [1.29, 1.82) is 0 Å². The van der Waals surface area contributed by atoms with Crippen LogP contribution in [0.2, 0.25) is 5.02 Å². The Kier molecular flexibility index (Phi) is 5.51. The summed E-state index contributed by atoms with van der Waals surface area (Å²) in [6.07, 6.45) is 1.14. The molecule has 0 aliphatic heterocycles. The van der Waals surface area contributed by atoms with E-state index in [0.29, 0.717) is 5.92 Å². The van der Waals surface area contributed by atoms with Crippen molar-refractivity contribution in [2.24, 2.45) is 11.7 Å². The molecule has 84 valence electrons. The predicted octanol–water partition coefficient (Wildman–Crippen LogP) is 3.81. The van der Waals surface area contributed by atoms with Gasteiger partial charge in [0.25, 0.3) is 0 Å². The number of thioether (sulfide) groups is 1. The summed E-state index contributed by atoms with van der Waals surface area (Å²) in [6, 6.07) is 8.17. The maximum atomic E-state index is 6.06. The molecule has 2 unspecified atom stereocenters. The van der Waals surface area contributed by atoms with Crippen molar-refractivity contribution in [2.75, 3.05) is 5.75 Å². The Morgan fingerprint density at radius 3 is 2.80 bits per heavy atom. The monoisotopic (exact) mass is 243 g/mol. The Morgan fingerprint density at radius 1 is 1.47 bits per heavy atom. The summed E-state index contributed by atoms with van der Waals surface area (Å²) >= 11 is 7.68. The molecule has 0 heterocycles. The van der Waals surface area contributed by atoms with Crippen molar-refractivity contribution in [1.82, 2.24) is 0 Å². The molecule has 1 aromatic rings. The van der Waals surface area contributed by atoms with E-state index in [0.717, 1.165) is 17.2 Å². The van der Waals surface area contributed by atoms with Gasteiger partial charge < -0.3 is 5.73 Å². The summed E-state index contributed by atoms with van der Waals surface area (Å²) < 4.78 is 0. The Bertz CT molecular complexity index is 303. The van der Waals surface area contributed by atoms with Crippen LogP contribution < -0.4 is 5.73 Å². The predicted molar refractivity (Wildman–Crippen MR) is 69.6 cm³/mol. The first-order valence-corrected chi connectivity index (χ1v) is 6.63. The fraction of sp³-hybridized carbons (Fsp3) is 0.500. The van der Waals surface area contributed by atoms with Gasteiger partial charge in [0, 0.05) is 21.7 Å². The highest BCUT2D eigenvalue weighted by Gasteiger charge is 2.10. The number of benzene rings is 1. The van der Waals surface area contributed by atoms with Gasteiger partial charge in [-0.2, -0.15) is 0 Å². The molecule has 0 saturated carbocycles. The zero-order chi connectivity index (χ0) is 11.3. The first-order chi connectivity index (χ1) is 7.13. The summed E-state index contributed by atoms with van der Waals surface area (Å²) in [7, 11) is 0. The fourth-order valence-corrected chi connectivity index (χ4v) is 2.57. The van der Waals surface area contributed by atoms with Crippen LogP contribution >= 0.6 is 23.4 Å². The molecule has 0 fully saturated rings. The summed E-state index contributed by atoms with van der Waals surface area (Å²) in [5, 5.41) is 0.789. The first-order valence-electron chi connectivity index (χ1n) is 5.27. The van der Waals surface area contributed by atoms with Crippen molar-refractivity contribution in [2.45, 2.75) is 31.2 Å². The summed E-state index contributed by atoms with van der Waals surface area (Å²) in [5.74, 6) is 1.53. The summed E-state index contributed by atoms with van der Waals surface area (Å²) in [4.78, 5) is 1.20. The molecule has 0 amide bonds. The summed E-state index contributed by atoms with van der Waals surface area (Å²) in [5.41, 5.74) is 6.06. The number of hydrogen-bond donors (Lipinski definition) is 1. The molecule has 2 atom stereocenters. The minimum atomic E-state index is 0.263. The van der Waals surface area contributed by atoms with Gasteiger partial charge in [-0.3, -0.25) is 0 Å². The Hall–Kier alpha value is -0.180. The Balaban J connectivity index is 2.43. The molecule has 0 aliphatic rings. The van der Waals surface area contributed by atoms with Crippen molar-refractivity contribution < 1.29 is 0 Å². The fourth-order valence-electron chi connectivity index (χ4n) is 1.22. The third-order valence-corrected chi connectivity index (χ3v) is 3.99. The standard InChI is InChI=1S/C12H18ClNS/c1-3-9(2)12(14)8-15-11-6-4-5-10(13)7-11/h4-7,9,12H,3,8,14H2,1-2H3. The lowest BCUT2D eigenvalue weighted by Gasteiger charge is -2.17. The molecule has 0 spiro atoms. The van der Waals surface area contributed by atoms with Gasteiger partial charge in [-0.15, -0.1) is 11.8 Å². The normalized spacial score (nSPS) is 14.9. The van der Waals surface area contributed by atoms with Gasteiger partial charge >= 0.3 is 0 Å². The zero-order valence-corrected chi connectivity index (χ0v) is 10.8. The van der Waals surface area contributed by atoms with Gasteiger partial charge in [0.2, 0.25) is 0 Å². The average molecular weight is 244 g/mol. The molecule has 2 N–H and O–H groups in total. The van der Waals surface area contributed by atoms with E-state index in [9.17, 15) is 0 Å². The molecule has 0 saturated heterocycles. The van der Waals surface area contributed by atoms with Crippen LogP contribution in [-0.4, -0.2) is 11.8 Å². The molecule has 1 aromatic carbocycles. The minimum absolute atomic E-state index is 0.263. The number of nitrogens with two attached hydrogens (primary N) is 1. The lowest BCUT2D eigenvalue weighted by Crippen LogP contribution is -2.30. The van der Waals surface area contributed by atoms with E-state index in [1.54, 1.807) is 11.8 Å². The smallest absolute Gasteiger partial charge is 0.0417 e. The highest BCUT2D eigenvalue weighted by molar-refractivity contribution is 7.99. The van der Waals surface area contributed by atoms with Crippen LogP contribution in [-0.2, 0) is 0 Å². The molecule has 15 heavy (non-hydrogen) atoms. The van der Waals surface area contributed by atoms with Crippen molar-refractivity contribution in [3.63, 3.8) is 0 Å². The van der Waals surface area contributed by atoms with Crippen LogP contribution in [0.1, 0.15) is 20.3 Å². The second-order valence-electron chi connectivity index (χ2n) is 3.82. The van der Waals surface area contributed by atoms with Gasteiger partial charge in [0.05, 0.1) is 0 Å². The SMILES string of the molecule is CCC(C)C(N)CSc1cccc(Cl)c1. The lowest BCUT2D eigenvalue weighted by atomic mass is 10.0. The van der Waals surface area contributed by atoms with Gasteiger partial charge in [-0.05, 0) is 24.1 Å². The molecular formula is C12H18ClNS. The number of rotatable bonds is 5. The van der Waals surface area contributed by atoms with Gasteiger partial charge in [-0.25, -0.2) is 0 Å². The third-order valence-electron chi connectivity index (χ3n) is 2.61. The molecule has 0 aromatic heterocycles. The first kappa shape index (κ1) is 12.9. The largest absolute Gasteiger partial charge is 0.327 e. The summed E-state index contributed by atoms with van der Waals surface area (Å²) in [6.45, 7) is 4.37. The van der Waals surface area contributed by atoms with Crippen LogP contribution in [0.4, 0.5) is 0 Å². The minimum Gasteiger partial charge on any atom is -0.327 e. The molecule has 1 nitrogen and oxygen atoms in total. The second kappa shape index (κ2) is 6.41. The molecular weight excluding hydrogens is 226 g/mol. The number of halogens is 1. The van der Waals surface area contributed by atoms with Gasteiger partial charge in [-0.1, -0.05) is 37.9 Å². The molecule has 1 rings (SSSR count). The van der Waals surface area contributed by atoms with E-state index in [1.165, 1.54) is 4.90 Å². The van der Waals surface area contributed by atoms with E-state index >= 15 is 0 Å². The Labute approximate surface area is 101 Å². The van der Waals surface area contributed by atoms with E-state index in [4.69, 9.17) is 17.3 Å². The quantitative estimate of drug-likeness (QED) is 0.796. The third kappa shape index (κ3) is 4.45. The number of hydrogen-bond acceptors (Lipinski definition) is 2. The van der Waals surface area contributed by atoms with Crippen LogP contribution in [0.25, 0.3) is 0 Å². The van der Waals surface area contributed by atoms with Crippen molar-refractivity contribution in [3.8, 4) is 0 Å². The van der Waals surface area contributed by atoms with Crippen LogP contribution in [0.3, 0.4) is 0 Å². The second-order valence-corrected chi connectivity index (χ2v) is 5.35. The van der Waals surface area contributed by atoms with Crippen molar-refractivity contribution in [3.05, 3.63) is 29.3 Å². The maximum absolute atomic E-state index is 6.06. The Morgan fingerprint density at radius 2 is 2.20 bits per heavy atom. The topological polar surface area (TPSA) is 26.0 Å². The van der Waals surface area contributed by atoms with Gasteiger partial charge in [0.15, 0.2) is 0 Å². The zero-order valence-electron chi connectivity index (χ0n) is 9.24. The molecule has 0 bridgehead atoms. The molecule has 3 heteroatoms. The maximum Gasteiger partial charge on any atom is 0.0417 e.